The number of fused-ring (bicyclic) bond motifs is 1. The average Bonchev–Trinajstić information content (AvgIpc) is 2.76. The minimum Gasteiger partial charge on any atom is -0.478 e. The van der Waals surface area contributed by atoms with E-state index in [1.807, 2.05) is 35.7 Å². The molecule has 1 aliphatic heterocycles. The molecule has 1 unspecified atom stereocenters. The Bertz CT molecular complexity index is 725. The van der Waals surface area contributed by atoms with E-state index in [4.69, 9.17) is 0 Å². The molecule has 1 aliphatic rings. The van der Waals surface area contributed by atoms with E-state index < -0.39 is 5.97 Å². The van der Waals surface area contributed by atoms with Crippen LogP contribution in [0, 0.1) is 0 Å². The summed E-state index contributed by atoms with van der Waals surface area (Å²) < 4.78 is 0.847. The van der Waals surface area contributed by atoms with Crippen LogP contribution < -0.4 is 0 Å². The van der Waals surface area contributed by atoms with Crippen LogP contribution in [0.15, 0.2) is 24.3 Å². The second kappa shape index (κ2) is 6.30. The standard InChI is InChI=1S/C16H17NO3S2/c1-10-9-21-8-4-7-17(10)15(18)14-13(16(19)20)11-5-2-3-6-12(11)22-14/h2-3,5-6,10H,4,7-9H2,1H3,(H,19,20). The Labute approximate surface area is 137 Å². The summed E-state index contributed by atoms with van der Waals surface area (Å²) >= 11 is 3.13. The zero-order valence-corrected chi connectivity index (χ0v) is 13.9. The number of nitrogens with zero attached hydrogens (tertiary/aromatic N) is 1. The lowest BCUT2D eigenvalue weighted by atomic mass is 10.1. The summed E-state index contributed by atoms with van der Waals surface area (Å²) in [5.74, 6) is 0.775. The van der Waals surface area contributed by atoms with E-state index in [0.717, 1.165) is 22.6 Å². The lowest BCUT2D eigenvalue weighted by Crippen LogP contribution is -2.39. The van der Waals surface area contributed by atoms with Gasteiger partial charge in [0.2, 0.25) is 0 Å². The summed E-state index contributed by atoms with van der Waals surface area (Å²) in [5.41, 5.74) is 0.148. The van der Waals surface area contributed by atoms with Crippen LogP contribution in [0.4, 0.5) is 0 Å². The molecule has 6 heteroatoms. The number of carbonyl (C=O) groups excluding carboxylic acids is 1. The molecule has 0 aliphatic carbocycles. The van der Waals surface area contributed by atoms with Crippen molar-refractivity contribution in [2.45, 2.75) is 19.4 Å². The highest BCUT2D eigenvalue weighted by Gasteiger charge is 2.29. The molecule has 0 saturated carbocycles. The van der Waals surface area contributed by atoms with Crippen molar-refractivity contribution in [3.8, 4) is 0 Å². The predicted molar refractivity (Wildman–Crippen MR) is 91.2 cm³/mol. The summed E-state index contributed by atoms with van der Waals surface area (Å²) in [4.78, 5) is 26.8. The van der Waals surface area contributed by atoms with Crippen molar-refractivity contribution in [1.82, 2.24) is 4.90 Å². The summed E-state index contributed by atoms with van der Waals surface area (Å²) in [6.45, 7) is 2.73. The Morgan fingerprint density at radius 3 is 2.86 bits per heavy atom. The third kappa shape index (κ3) is 2.73. The lowest BCUT2D eigenvalue weighted by molar-refractivity contribution is 0.0667. The molecule has 2 heterocycles. The Morgan fingerprint density at radius 1 is 1.32 bits per heavy atom. The van der Waals surface area contributed by atoms with Crippen molar-refractivity contribution in [1.29, 1.82) is 0 Å². The summed E-state index contributed by atoms with van der Waals surface area (Å²) in [5, 5.41) is 10.2. The second-order valence-electron chi connectivity index (χ2n) is 5.38. The van der Waals surface area contributed by atoms with E-state index in [1.54, 1.807) is 12.1 Å². The molecule has 116 valence electrons. The van der Waals surface area contributed by atoms with Crippen LogP contribution in [0.25, 0.3) is 10.1 Å². The van der Waals surface area contributed by atoms with Gasteiger partial charge in [0.1, 0.15) is 4.88 Å². The first kappa shape index (κ1) is 15.4. The maximum Gasteiger partial charge on any atom is 0.338 e. The molecule has 1 aromatic carbocycles. The number of hydrogen-bond donors (Lipinski definition) is 1. The fourth-order valence-corrected chi connectivity index (χ4v) is 4.91. The zero-order valence-electron chi connectivity index (χ0n) is 12.2. The Hall–Kier alpha value is -1.53. The number of thioether (sulfide) groups is 1. The van der Waals surface area contributed by atoms with E-state index >= 15 is 0 Å². The van der Waals surface area contributed by atoms with Gasteiger partial charge in [0.05, 0.1) is 5.56 Å². The molecule has 1 aromatic heterocycles. The molecule has 0 radical (unpaired) electrons. The molecule has 2 aromatic rings. The highest BCUT2D eigenvalue weighted by molar-refractivity contribution is 7.99. The van der Waals surface area contributed by atoms with Gasteiger partial charge in [0, 0.05) is 28.4 Å². The van der Waals surface area contributed by atoms with Crippen LogP contribution in [0.2, 0.25) is 0 Å². The Balaban J connectivity index is 2.06. The molecule has 3 rings (SSSR count). The SMILES string of the molecule is CC1CSCCCN1C(=O)c1sc2ccccc2c1C(=O)O. The summed E-state index contributed by atoms with van der Waals surface area (Å²) in [6, 6.07) is 7.44. The number of hydrogen-bond acceptors (Lipinski definition) is 4. The molecule has 1 atom stereocenters. The number of carboxylic acid groups (broad SMARTS) is 1. The Morgan fingerprint density at radius 2 is 2.09 bits per heavy atom. The molecular weight excluding hydrogens is 318 g/mol. The Kier molecular flexibility index (Phi) is 4.40. The van der Waals surface area contributed by atoms with E-state index in [9.17, 15) is 14.7 Å². The first-order chi connectivity index (χ1) is 10.6. The van der Waals surface area contributed by atoms with Gasteiger partial charge in [-0.25, -0.2) is 4.79 Å². The molecule has 22 heavy (non-hydrogen) atoms. The maximum absolute atomic E-state index is 12.9. The van der Waals surface area contributed by atoms with Crippen molar-refractivity contribution in [3.05, 3.63) is 34.7 Å². The molecular formula is C16H17NO3S2. The lowest BCUT2D eigenvalue weighted by Gasteiger charge is -2.26. The van der Waals surface area contributed by atoms with E-state index in [-0.39, 0.29) is 17.5 Å². The second-order valence-corrected chi connectivity index (χ2v) is 7.59. The van der Waals surface area contributed by atoms with Crippen molar-refractivity contribution in [2.75, 3.05) is 18.1 Å². The van der Waals surface area contributed by atoms with Crippen LogP contribution in [0.3, 0.4) is 0 Å². The molecule has 0 spiro atoms. The molecule has 1 fully saturated rings. The van der Waals surface area contributed by atoms with Gasteiger partial charge in [-0.1, -0.05) is 18.2 Å². The average molecular weight is 335 g/mol. The quantitative estimate of drug-likeness (QED) is 0.911. The highest BCUT2D eigenvalue weighted by atomic mass is 32.2. The largest absolute Gasteiger partial charge is 0.478 e. The van der Waals surface area contributed by atoms with Crippen LogP contribution in [0.1, 0.15) is 33.4 Å². The number of aromatic carboxylic acids is 1. The summed E-state index contributed by atoms with van der Waals surface area (Å²) in [7, 11) is 0. The van der Waals surface area contributed by atoms with Crippen LogP contribution in [-0.4, -0.2) is 46.0 Å². The van der Waals surface area contributed by atoms with Gasteiger partial charge in [0.25, 0.3) is 5.91 Å². The number of benzene rings is 1. The van der Waals surface area contributed by atoms with Gasteiger partial charge < -0.3 is 10.0 Å². The molecule has 1 amide bonds. The first-order valence-corrected chi connectivity index (χ1v) is 9.20. The van der Waals surface area contributed by atoms with Gasteiger partial charge in [-0.3, -0.25) is 4.79 Å². The minimum atomic E-state index is -1.03. The van der Waals surface area contributed by atoms with Gasteiger partial charge in [-0.2, -0.15) is 11.8 Å². The van der Waals surface area contributed by atoms with Crippen LogP contribution >= 0.6 is 23.1 Å². The highest BCUT2D eigenvalue weighted by Crippen LogP contribution is 2.33. The van der Waals surface area contributed by atoms with Gasteiger partial charge in [-0.15, -0.1) is 11.3 Å². The summed E-state index contributed by atoms with van der Waals surface area (Å²) in [6.07, 6.45) is 0.952. The molecule has 0 bridgehead atoms. The van der Waals surface area contributed by atoms with Crippen molar-refractivity contribution in [2.24, 2.45) is 0 Å². The van der Waals surface area contributed by atoms with E-state index in [2.05, 4.69) is 0 Å². The normalized spacial score (nSPS) is 19.1. The number of carboxylic acids is 1. The van der Waals surface area contributed by atoms with Crippen molar-refractivity contribution < 1.29 is 14.7 Å². The van der Waals surface area contributed by atoms with Gasteiger partial charge >= 0.3 is 5.97 Å². The van der Waals surface area contributed by atoms with Crippen molar-refractivity contribution >= 4 is 45.1 Å². The number of carbonyl (C=O) groups is 2. The van der Waals surface area contributed by atoms with E-state index in [1.165, 1.54) is 11.3 Å². The van der Waals surface area contributed by atoms with Crippen LogP contribution in [0.5, 0.6) is 0 Å². The third-order valence-electron chi connectivity index (χ3n) is 3.84. The number of rotatable bonds is 2. The predicted octanol–water partition coefficient (Wildman–Crippen LogP) is 3.57. The zero-order chi connectivity index (χ0) is 15.7. The number of thiophene rings is 1. The maximum atomic E-state index is 12.9. The molecule has 1 N–H and O–H groups in total. The fraction of sp³-hybridized carbons (Fsp3) is 0.375. The molecule has 1 saturated heterocycles. The third-order valence-corrected chi connectivity index (χ3v) is 6.30. The minimum absolute atomic E-state index is 0.131. The topological polar surface area (TPSA) is 57.6 Å². The fourth-order valence-electron chi connectivity index (χ4n) is 2.74. The van der Waals surface area contributed by atoms with E-state index in [0.29, 0.717) is 16.8 Å². The smallest absolute Gasteiger partial charge is 0.338 e. The van der Waals surface area contributed by atoms with Crippen molar-refractivity contribution in [3.63, 3.8) is 0 Å². The molecule has 4 nitrogen and oxygen atoms in total. The van der Waals surface area contributed by atoms with Gasteiger partial charge in [-0.05, 0) is 25.2 Å². The monoisotopic (exact) mass is 335 g/mol. The van der Waals surface area contributed by atoms with Gasteiger partial charge in [0.15, 0.2) is 0 Å². The van der Waals surface area contributed by atoms with Crippen LogP contribution in [-0.2, 0) is 0 Å². The first-order valence-electron chi connectivity index (χ1n) is 7.23. The number of amides is 1.